The Morgan fingerprint density at radius 1 is 0.849 bits per heavy atom. The van der Waals surface area contributed by atoms with E-state index in [-0.39, 0.29) is 24.3 Å². The van der Waals surface area contributed by atoms with E-state index in [1.54, 1.807) is 37.1 Å². The summed E-state index contributed by atoms with van der Waals surface area (Å²) >= 11 is 0. The summed E-state index contributed by atoms with van der Waals surface area (Å²) in [4.78, 5) is 61.1. The molecule has 0 unspecified atom stereocenters. The average Bonchev–Trinajstić information content (AvgIpc) is 3.86. The van der Waals surface area contributed by atoms with Gasteiger partial charge in [-0.2, -0.15) is 4.98 Å². The maximum atomic E-state index is 13.1. The van der Waals surface area contributed by atoms with E-state index in [1.165, 1.54) is 0 Å². The van der Waals surface area contributed by atoms with Crippen molar-refractivity contribution in [2.75, 3.05) is 87.0 Å². The summed E-state index contributed by atoms with van der Waals surface area (Å²) in [7, 11) is 5.17. The van der Waals surface area contributed by atoms with Gasteiger partial charge in [0.05, 0.1) is 11.9 Å². The van der Waals surface area contributed by atoms with Crippen LogP contribution in [0.2, 0.25) is 0 Å². The lowest BCUT2D eigenvalue weighted by atomic mass is 10.0. The number of carbonyl (C=O) groups excluding carboxylic acids is 3. The average molecular weight is 722 g/mol. The fourth-order valence-electron chi connectivity index (χ4n) is 8.03. The van der Waals surface area contributed by atoms with Gasteiger partial charge in [0.15, 0.2) is 0 Å². The summed E-state index contributed by atoms with van der Waals surface area (Å²) < 4.78 is 2.13. The fourth-order valence-corrected chi connectivity index (χ4v) is 8.03. The third-order valence-electron chi connectivity index (χ3n) is 11.1. The highest BCUT2D eigenvalue weighted by Gasteiger charge is 2.29. The van der Waals surface area contributed by atoms with Gasteiger partial charge in [-0.15, -0.1) is 0 Å². The first kappa shape index (κ1) is 36.1. The van der Waals surface area contributed by atoms with E-state index in [4.69, 9.17) is 9.97 Å². The van der Waals surface area contributed by atoms with Crippen molar-refractivity contribution in [3.05, 3.63) is 60.6 Å². The van der Waals surface area contributed by atoms with Gasteiger partial charge in [0, 0.05) is 108 Å². The molecule has 3 aromatic heterocycles. The lowest BCUT2D eigenvalue weighted by Gasteiger charge is -2.43. The Balaban J connectivity index is 0.905. The SMILES string of the molecule is CNC(=O)CCN(C=O)c1ccc(N2CCC(N3CCN(c4ccc(Nc5ncc6cc(C(=O)N(C)C)n(C7CCCC7)c6n5)nc4)CC3)CC2)cc1. The van der Waals surface area contributed by atoms with Crippen molar-refractivity contribution >= 4 is 58.1 Å². The molecule has 0 spiro atoms. The molecule has 14 heteroatoms. The quantitative estimate of drug-likeness (QED) is 0.204. The first-order valence-corrected chi connectivity index (χ1v) is 18.9. The molecule has 53 heavy (non-hydrogen) atoms. The van der Waals surface area contributed by atoms with Crippen LogP contribution in [0.4, 0.5) is 28.8 Å². The van der Waals surface area contributed by atoms with Crippen molar-refractivity contribution in [2.24, 2.45) is 0 Å². The third kappa shape index (κ3) is 8.07. The number of piperazine rings is 1. The number of fused-ring (bicyclic) bond motifs is 1. The van der Waals surface area contributed by atoms with Gasteiger partial charge in [-0.05, 0) is 68.1 Å². The Morgan fingerprint density at radius 3 is 2.19 bits per heavy atom. The topological polar surface area (TPSA) is 135 Å². The number of nitrogens with one attached hydrogen (secondary N) is 2. The van der Waals surface area contributed by atoms with E-state index < -0.39 is 0 Å². The highest BCUT2D eigenvalue weighted by Crippen LogP contribution is 2.35. The molecule has 280 valence electrons. The minimum Gasteiger partial charge on any atom is -0.371 e. The molecular weight excluding hydrogens is 671 g/mol. The lowest BCUT2D eigenvalue weighted by Crippen LogP contribution is -2.53. The number of carbonyl (C=O) groups is 3. The van der Waals surface area contributed by atoms with Crippen LogP contribution >= 0.6 is 0 Å². The fraction of sp³-hybridized carbons (Fsp3) is 0.487. The van der Waals surface area contributed by atoms with E-state index in [0.717, 1.165) is 112 Å². The van der Waals surface area contributed by atoms with Crippen LogP contribution in [0.25, 0.3) is 11.0 Å². The smallest absolute Gasteiger partial charge is 0.270 e. The molecule has 4 aromatic rings. The zero-order valence-corrected chi connectivity index (χ0v) is 31.1. The second kappa shape index (κ2) is 16.2. The van der Waals surface area contributed by atoms with Gasteiger partial charge in [-0.3, -0.25) is 19.3 Å². The molecule has 3 amide bonds. The predicted molar refractivity (Wildman–Crippen MR) is 208 cm³/mol. The highest BCUT2D eigenvalue weighted by molar-refractivity contribution is 5.98. The minimum atomic E-state index is -0.0840. The highest BCUT2D eigenvalue weighted by atomic mass is 16.2. The first-order valence-electron chi connectivity index (χ1n) is 18.9. The van der Waals surface area contributed by atoms with E-state index >= 15 is 0 Å². The van der Waals surface area contributed by atoms with Gasteiger partial charge >= 0.3 is 0 Å². The Morgan fingerprint density at radius 2 is 1.55 bits per heavy atom. The molecule has 2 aliphatic heterocycles. The zero-order valence-electron chi connectivity index (χ0n) is 31.1. The molecule has 0 bridgehead atoms. The molecule has 1 aliphatic carbocycles. The van der Waals surface area contributed by atoms with Crippen molar-refractivity contribution < 1.29 is 14.4 Å². The largest absolute Gasteiger partial charge is 0.371 e. The summed E-state index contributed by atoms with van der Waals surface area (Å²) in [6.07, 6.45) is 11.4. The van der Waals surface area contributed by atoms with Crippen molar-refractivity contribution in [2.45, 2.75) is 57.0 Å². The molecule has 3 fully saturated rings. The number of anilines is 5. The molecule has 2 saturated heterocycles. The number of nitrogens with zero attached hydrogens (tertiary/aromatic N) is 9. The van der Waals surface area contributed by atoms with Crippen LogP contribution < -0.4 is 25.3 Å². The van der Waals surface area contributed by atoms with E-state index in [9.17, 15) is 14.4 Å². The molecule has 0 radical (unpaired) electrons. The van der Waals surface area contributed by atoms with Crippen LogP contribution in [-0.2, 0) is 9.59 Å². The molecule has 5 heterocycles. The third-order valence-corrected chi connectivity index (χ3v) is 11.1. The van der Waals surface area contributed by atoms with Gasteiger partial charge < -0.3 is 34.8 Å². The molecule has 1 aromatic carbocycles. The standard InChI is InChI=1S/C39H51N11O3/c1-40-36(52)16-19-49(27-51)30-10-8-29(9-11-30)46-17-14-31(15-18-46)47-20-22-48(23-21-47)33-12-13-35(41-26-33)43-39-42-25-28-24-34(38(53)45(2)3)50(37(28)44-39)32-6-4-5-7-32/h8-13,24-27,31-32H,4-7,14-23H2,1-3H3,(H,40,52)(H,41,42,43,44). The van der Waals surface area contributed by atoms with Gasteiger partial charge in [-0.25, -0.2) is 9.97 Å². The first-order chi connectivity index (χ1) is 25.8. The predicted octanol–water partition coefficient (Wildman–Crippen LogP) is 4.28. The van der Waals surface area contributed by atoms with Crippen LogP contribution in [0.5, 0.6) is 0 Å². The second-order valence-corrected chi connectivity index (χ2v) is 14.5. The van der Waals surface area contributed by atoms with Crippen LogP contribution in [0.15, 0.2) is 54.9 Å². The van der Waals surface area contributed by atoms with E-state index in [1.807, 2.05) is 30.5 Å². The Labute approximate surface area is 311 Å². The second-order valence-electron chi connectivity index (χ2n) is 14.5. The Hall–Kier alpha value is -5.24. The lowest BCUT2D eigenvalue weighted by molar-refractivity contribution is -0.120. The number of hydrogen-bond donors (Lipinski definition) is 2. The van der Waals surface area contributed by atoms with Crippen LogP contribution in [0.1, 0.15) is 61.5 Å². The molecule has 3 aliphatic rings. The van der Waals surface area contributed by atoms with E-state index in [2.05, 4.69) is 53.1 Å². The van der Waals surface area contributed by atoms with Crippen molar-refractivity contribution in [3.8, 4) is 0 Å². The monoisotopic (exact) mass is 721 g/mol. The number of amides is 3. The molecule has 7 rings (SSSR count). The number of piperidine rings is 1. The van der Waals surface area contributed by atoms with E-state index in [0.29, 0.717) is 30.0 Å². The molecule has 0 atom stereocenters. The number of hydrogen-bond acceptors (Lipinski definition) is 10. The summed E-state index contributed by atoms with van der Waals surface area (Å²) in [5.41, 5.74) is 4.52. The summed E-state index contributed by atoms with van der Waals surface area (Å²) in [6, 6.07) is 14.9. The normalized spacial score (nSPS) is 17.3. The number of rotatable bonds is 12. The van der Waals surface area contributed by atoms with Crippen molar-refractivity contribution in [1.82, 2.24) is 34.6 Å². The molecular formula is C39H51N11O3. The molecule has 2 N–H and O–H groups in total. The number of pyridine rings is 1. The zero-order chi connectivity index (χ0) is 36.9. The minimum absolute atomic E-state index is 0.0199. The Bertz CT molecular complexity index is 1870. The van der Waals surface area contributed by atoms with Crippen molar-refractivity contribution in [3.63, 3.8) is 0 Å². The van der Waals surface area contributed by atoms with Crippen LogP contribution in [0.3, 0.4) is 0 Å². The molecule has 14 nitrogen and oxygen atoms in total. The summed E-state index contributed by atoms with van der Waals surface area (Å²) in [5.74, 6) is 1.04. The van der Waals surface area contributed by atoms with Gasteiger partial charge in [0.1, 0.15) is 17.2 Å². The van der Waals surface area contributed by atoms with Gasteiger partial charge in [0.2, 0.25) is 18.3 Å². The number of aromatic nitrogens is 4. The van der Waals surface area contributed by atoms with Gasteiger partial charge in [0.25, 0.3) is 5.91 Å². The summed E-state index contributed by atoms with van der Waals surface area (Å²) in [6.45, 7) is 6.29. The maximum Gasteiger partial charge on any atom is 0.270 e. The van der Waals surface area contributed by atoms with Gasteiger partial charge in [-0.1, -0.05) is 12.8 Å². The maximum absolute atomic E-state index is 13.1. The molecule has 1 saturated carbocycles. The van der Waals surface area contributed by atoms with Crippen LogP contribution in [-0.4, -0.2) is 121 Å². The van der Waals surface area contributed by atoms with Crippen molar-refractivity contribution in [1.29, 1.82) is 0 Å². The number of benzene rings is 1. The summed E-state index contributed by atoms with van der Waals surface area (Å²) in [5, 5.41) is 6.76. The Kier molecular flexibility index (Phi) is 11.0. The van der Waals surface area contributed by atoms with Crippen LogP contribution in [0, 0.1) is 0 Å².